The molecule has 1 aromatic carbocycles. The van der Waals surface area contributed by atoms with Crippen LogP contribution >= 0.6 is 11.8 Å². The van der Waals surface area contributed by atoms with Crippen molar-refractivity contribution in [1.29, 1.82) is 0 Å². The molecule has 6 heteroatoms. The number of nitrogens with one attached hydrogen (secondary N) is 1. The summed E-state index contributed by atoms with van der Waals surface area (Å²) in [5, 5.41) is 7.60. The van der Waals surface area contributed by atoms with Crippen LogP contribution in [0.25, 0.3) is 0 Å². The first-order valence-electron chi connectivity index (χ1n) is 5.15. The lowest BCUT2D eigenvalue weighted by atomic mass is 10.2. The summed E-state index contributed by atoms with van der Waals surface area (Å²) in [7, 11) is 3.61. The van der Waals surface area contributed by atoms with Gasteiger partial charge in [-0.3, -0.25) is 0 Å². The molecule has 0 saturated carbocycles. The number of hydrogen-bond donors (Lipinski definition) is 1. The number of halogens is 1. The van der Waals surface area contributed by atoms with Gasteiger partial charge in [0, 0.05) is 13.6 Å². The summed E-state index contributed by atoms with van der Waals surface area (Å²) >= 11 is 1.27. The van der Waals surface area contributed by atoms with E-state index in [2.05, 4.69) is 15.4 Å². The molecule has 1 heterocycles. The molecule has 90 valence electrons. The van der Waals surface area contributed by atoms with Crippen LogP contribution in [0.15, 0.2) is 34.6 Å². The van der Waals surface area contributed by atoms with Gasteiger partial charge in [-0.15, -0.1) is 0 Å². The van der Waals surface area contributed by atoms with Gasteiger partial charge in [0.1, 0.15) is 12.1 Å². The van der Waals surface area contributed by atoms with Gasteiger partial charge in [0.25, 0.3) is 0 Å². The average molecular weight is 252 g/mol. The summed E-state index contributed by atoms with van der Waals surface area (Å²) in [6.07, 6.45) is 1.45. The summed E-state index contributed by atoms with van der Waals surface area (Å²) in [6, 6.07) is 5.20. The molecule has 0 unspecified atom stereocenters. The first-order chi connectivity index (χ1) is 8.20. The van der Waals surface area contributed by atoms with Crippen molar-refractivity contribution in [3.05, 3.63) is 35.9 Å². The second-order valence-corrected chi connectivity index (χ2v) is 4.57. The van der Waals surface area contributed by atoms with E-state index in [0.717, 1.165) is 5.56 Å². The van der Waals surface area contributed by atoms with Crippen LogP contribution in [-0.2, 0) is 13.6 Å². The highest BCUT2D eigenvalue weighted by Crippen LogP contribution is 2.28. The predicted molar refractivity (Wildman–Crippen MR) is 64.3 cm³/mol. The minimum Gasteiger partial charge on any atom is -0.316 e. The fraction of sp³-hybridized carbons (Fsp3) is 0.273. The molecule has 0 aliphatic rings. The molecule has 1 N–H and O–H groups in total. The fourth-order valence-corrected chi connectivity index (χ4v) is 2.19. The Morgan fingerprint density at radius 2 is 2.29 bits per heavy atom. The van der Waals surface area contributed by atoms with Gasteiger partial charge in [0.2, 0.25) is 0 Å². The SMILES string of the molecule is CNCc1ccc(Sc2ncnn2C)c(F)c1. The monoisotopic (exact) mass is 252 g/mol. The third-order valence-corrected chi connectivity index (χ3v) is 3.35. The lowest BCUT2D eigenvalue weighted by Crippen LogP contribution is -2.05. The van der Waals surface area contributed by atoms with E-state index in [1.165, 1.54) is 24.2 Å². The molecule has 1 aromatic heterocycles. The van der Waals surface area contributed by atoms with Crippen molar-refractivity contribution in [2.75, 3.05) is 7.05 Å². The molecule has 2 aromatic rings. The molecule has 0 amide bonds. The van der Waals surface area contributed by atoms with Crippen LogP contribution in [0.3, 0.4) is 0 Å². The summed E-state index contributed by atoms with van der Waals surface area (Å²) in [6.45, 7) is 0.659. The Morgan fingerprint density at radius 3 is 2.88 bits per heavy atom. The van der Waals surface area contributed by atoms with E-state index < -0.39 is 0 Å². The van der Waals surface area contributed by atoms with Crippen molar-refractivity contribution in [1.82, 2.24) is 20.1 Å². The van der Waals surface area contributed by atoms with Crippen molar-refractivity contribution in [2.24, 2.45) is 7.05 Å². The molecule has 0 aliphatic carbocycles. The van der Waals surface area contributed by atoms with Crippen LogP contribution < -0.4 is 5.32 Å². The first-order valence-corrected chi connectivity index (χ1v) is 5.97. The Kier molecular flexibility index (Phi) is 3.75. The first kappa shape index (κ1) is 12.1. The zero-order valence-electron chi connectivity index (χ0n) is 9.64. The zero-order chi connectivity index (χ0) is 12.3. The van der Waals surface area contributed by atoms with E-state index in [1.54, 1.807) is 17.8 Å². The lowest BCUT2D eigenvalue weighted by molar-refractivity contribution is 0.596. The van der Waals surface area contributed by atoms with Gasteiger partial charge in [0.15, 0.2) is 5.16 Å². The average Bonchev–Trinajstić information content (AvgIpc) is 2.69. The van der Waals surface area contributed by atoms with Crippen LogP contribution in [0, 0.1) is 5.82 Å². The minimum absolute atomic E-state index is 0.231. The molecule has 2 rings (SSSR count). The van der Waals surface area contributed by atoms with E-state index in [1.807, 2.05) is 13.1 Å². The third-order valence-electron chi connectivity index (χ3n) is 2.25. The van der Waals surface area contributed by atoms with Crippen LogP contribution in [0.5, 0.6) is 0 Å². The smallest absolute Gasteiger partial charge is 0.190 e. The van der Waals surface area contributed by atoms with E-state index in [9.17, 15) is 4.39 Å². The maximum atomic E-state index is 13.8. The van der Waals surface area contributed by atoms with Crippen molar-refractivity contribution in [3.8, 4) is 0 Å². The van der Waals surface area contributed by atoms with Crippen LogP contribution in [0.4, 0.5) is 4.39 Å². The van der Waals surface area contributed by atoms with Gasteiger partial charge in [-0.2, -0.15) is 5.10 Å². The van der Waals surface area contributed by atoms with Crippen LogP contribution in [0.1, 0.15) is 5.56 Å². The highest BCUT2D eigenvalue weighted by Gasteiger charge is 2.08. The normalized spacial score (nSPS) is 10.8. The maximum absolute atomic E-state index is 13.8. The minimum atomic E-state index is -0.231. The standard InChI is InChI=1S/C11H13FN4S/c1-13-6-8-3-4-10(9(12)5-8)17-11-14-7-15-16(11)2/h3-5,7,13H,6H2,1-2H3. The van der Waals surface area contributed by atoms with Crippen LogP contribution in [-0.4, -0.2) is 21.8 Å². The summed E-state index contributed by atoms with van der Waals surface area (Å²) in [5.74, 6) is -0.231. The van der Waals surface area contributed by atoms with E-state index in [0.29, 0.717) is 16.6 Å². The molecule has 0 spiro atoms. The molecule has 0 radical (unpaired) electrons. The quantitative estimate of drug-likeness (QED) is 0.901. The van der Waals surface area contributed by atoms with E-state index >= 15 is 0 Å². The number of nitrogens with zero attached hydrogens (tertiary/aromatic N) is 3. The Hall–Kier alpha value is -1.40. The fourth-order valence-electron chi connectivity index (χ4n) is 1.42. The summed E-state index contributed by atoms with van der Waals surface area (Å²) in [4.78, 5) is 4.60. The third kappa shape index (κ3) is 2.83. The molecular formula is C11H13FN4S. The molecule has 17 heavy (non-hydrogen) atoms. The van der Waals surface area contributed by atoms with Gasteiger partial charge in [-0.05, 0) is 36.5 Å². The number of aryl methyl sites for hydroxylation is 1. The highest BCUT2D eigenvalue weighted by atomic mass is 32.2. The summed E-state index contributed by atoms with van der Waals surface area (Å²) < 4.78 is 15.4. The Morgan fingerprint density at radius 1 is 1.47 bits per heavy atom. The van der Waals surface area contributed by atoms with Crippen LogP contribution in [0.2, 0.25) is 0 Å². The molecule has 0 fully saturated rings. The van der Waals surface area contributed by atoms with Crippen molar-refractivity contribution < 1.29 is 4.39 Å². The van der Waals surface area contributed by atoms with Gasteiger partial charge in [-0.25, -0.2) is 14.1 Å². The number of aromatic nitrogens is 3. The number of rotatable bonds is 4. The topological polar surface area (TPSA) is 42.7 Å². The Bertz CT molecular complexity index is 512. The molecule has 4 nitrogen and oxygen atoms in total. The van der Waals surface area contributed by atoms with E-state index in [4.69, 9.17) is 0 Å². The number of benzene rings is 1. The van der Waals surface area contributed by atoms with E-state index in [-0.39, 0.29) is 5.82 Å². The molecule has 0 aliphatic heterocycles. The summed E-state index contributed by atoms with van der Waals surface area (Å²) in [5.41, 5.74) is 0.923. The molecule has 0 saturated heterocycles. The predicted octanol–water partition coefficient (Wildman–Crippen LogP) is 1.82. The zero-order valence-corrected chi connectivity index (χ0v) is 10.5. The second-order valence-electron chi connectivity index (χ2n) is 3.56. The van der Waals surface area contributed by atoms with Gasteiger partial charge in [0.05, 0.1) is 4.90 Å². The van der Waals surface area contributed by atoms with Gasteiger partial charge in [-0.1, -0.05) is 6.07 Å². The molecular weight excluding hydrogens is 239 g/mol. The largest absolute Gasteiger partial charge is 0.316 e. The molecule has 0 bridgehead atoms. The van der Waals surface area contributed by atoms with Crippen molar-refractivity contribution in [2.45, 2.75) is 16.6 Å². The highest BCUT2D eigenvalue weighted by molar-refractivity contribution is 7.99. The Balaban J connectivity index is 2.19. The maximum Gasteiger partial charge on any atom is 0.190 e. The lowest BCUT2D eigenvalue weighted by Gasteiger charge is -2.05. The van der Waals surface area contributed by atoms with Gasteiger partial charge >= 0.3 is 0 Å². The van der Waals surface area contributed by atoms with Gasteiger partial charge < -0.3 is 5.32 Å². The van der Waals surface area contributed by atoms with Crippen molar-refractivity contribution >= 4 is 11.8 Å². The molecule has 0 atom stereocenters. The van der Waals surface area contributed by atoms with Crippen molar-refractivity contribution in [3.63, 3.8) is 0 Å². The number of hydrogen-bond acceptors (Lipinski definition) is 4. The second kappa shape index (κ2) is 5.29. The Labute approximate surface area is 103 Å².